The molecule has 7 rings (SSSR count). The van der Waals surface area contributed by atoms with Crippen molar-refractivity contribution in [2.75, 3.05) is 31.4 Å². The van der Waals surface area contributed by atoms with Gasteiger partial charge in [0, 0.05) is 71.8 Å². The molecule has 0 unspecified atom stereocenters. The van der Waals surface area contributed by atoms with Crippen molar-refractivity contribution in [1.29, 1.82) is 0 Å². The average Bonchev–Trinajstić information content (AvgIpc) is 3.88. The smallest absolute Gasteiger partial charge is 0.305 e. The molecule has 1 aromatic rings. The highest BCUT2D eigenvalue weighted by Gasteiger charge is 2.48. The highest BCUT2D eigenvalue weighted by atomic mass is 16.5. The van der Waals surface area contributed by atoms with Crippen LogP contribution in [0.3, 0.4) is 0 Å². The van der Waals surface area contributed by atoms with E-state index in [9.17, 15) is 14.7 Å². The van der Waals surface area contributed by atoms with Gasteiger partial charge in [-0.15, -0.1) is 0 Å². The normalized spacial score (nSPS) is 23.1. The summed E-state index contributed by atoms with van der Waals surface area (Å²) in [5, 5.41) is 18.9. The molecule has 1 saturated heterocycles. The van der Waals surface area contributed by atoms with Crippen LogP contribution in [0.15, 0.2) is 143 Å². The molecular formula is C43H46N6O4. The van der Waals surface area contributed by atoms with Gasteiger partial charge in [0.25, 0.3) is 0 Å². The van der Waals surface area contributed by atoms with Gasteiger partial charge < -0.3 is 25.4 Å². The largest absolute Gasteiger partial charge is 0.510 e. The summed E-state index contributed by atoms with van der Waals surface area (Å²) in [5.74, 6) is -2.13. The molecule has 1 fully saturated rings. The molecule has 53 heavy (non-hydrogen) atoms. The number of nitrogens with one attached hydrogen (secondary N) is 2. The molecule has 0 saturated carbocycles. The van der Waals surface area contributed by atoms with Crippen LogP contribution in [0.1, 0.15) is 53.9 Å². The first-order chi connectivity index (χ1) is 25.4. The van der Waals surface area contributed by atoms with E-state index in [0.717, 1.165) is 74.2 Å². The molecule has 3 atom stereocenters. The lowest BCUT2D eigenvalue weighted by atomic mass is 9.84. The summed E-state index contributed by atoms with van der Waals surface area (Å²) in [6.07, 6.45) is 9.29. The number of aliphatic hydroxyl groups is 1. The fourth-order valence-electron chi connectivity index (χ4n) is 8.11. The summed E-state index contributed by atoms with van der Waals surface area (Å²) < 4.78 is 5.05. The number of amides is 1. The van der Waals surface area contributed by atoms with Gasteiger partial charge in [0.2, 0.25) is 5.91 Å². The Balaban J connectivity index is 1.46. The first kappa shape index (κ1) is 35.6. The predicted molar refractivity (Wildman–Crippen MR) is 212 cm³/mol. The van der Waals surface area contributed by atoms with Crippen LogP contribution < -0.4 is 15.5 Å². The fourth-order valence-corrected chi connectivity index (χ4v) is 8.11. The van der Waals surface area contributed by atoms with Crippen LogP contribution in [0.4, 0.5) is 11.4 Å². The molecular weight excluding hydrogens is 665 g/mol. The van der Waals surface area contributed by atoms with Gasteiger partial charge in [-0.05, 0) is 98.4 Å². The minimum Gasteiger partial charge on any atom is -0.510 e. The summed E-state index contributed by atoms with van der Waals surface area (Å²) in [6, 6.07) is 7.56. The third-order valence-corrected chi connectivity index (χ3v) is 11.2. The van der Waals surface area contributed by atoms with E-state index in [2.05, 4.69) is 38.0 Å². The Hall–Kier alpha value is -5.77. The number of rotatable bonds is 8. The second-order valence-electron chi connectivity index (χ2n) is 14.4. The molecule has 0 radical (unpaired) electrons. The third-order valence-electron chi connectivity index (χ3n) is 11.2. The third kappa shape index (κ3) is 5.96. The van der Waals surface area contributed by atoms with Gasteiger partial charge in [-0.25, -0.2) is 15.0 Å². The SMILES string of the molecule is C=CC1=C(C)C2=NC1=CC1=NC(=CC3=C(C)C4=C(O)[C@@H](C(=O)Nc5ccc(N(C)C)cc5)C(=C5NC(=C2)[C@@H](C)[C@@H]5CCC(=O)OC)C4=N3)C(CC)=C1C. The maximum absolute atomic E-state index is 14.4. The zero-order valence-corrected chi connectivity index (χ0v) is 31.6. The number of ether oxygens (including phenoxy) is 1. The number of esters is 1. The standard InChI is InChI=1S/C43H46N6O4/c1-10-27-21(3)30-18-32-23(5)29(16-17-36(50)53-9)40(47-32)38-39(43(52)44-25-12-14-26(15-13-25)49(7)8)42(51)37-24(6)33(48-41(37)38)20-35-28(11-2)22(4)31(46-35)19-34(27)45-30/h10,12-15,18-20,23,29,39,47,51H,1,11,16-17H2,2-9H3,(H,44,52)/t23-,29-,39-/m0/s1. The number of carbonyl (C=O) groups excluding carboxylic acids is 2. The molecule has 1 aromatic carbocycles. The van der Waals surface area contributed by atoms with E-state index >= 15 is 0 Å². The van der Waals surface area contributed by atoms with Crippen molar-refractivity contribution in [3.8, 4) is 0 Å². The van der Waals surface area contributed by atoms with E-state index in [1.165, 1.54) is 7.11 Å². The molecule has 6 aliphatic rings. The van der Waals surface area contributed by atoms with Crippen molar-refractivity contribution < 1.29 is 19.4 Å². The number of benzene rings is 1. The van der Waals surface area contributed by atoms with Crippen LogP contribution in [0.5, 0.6) is 0 Å². The molecule has 8 bridgehead atoms. The Kier molecular flexibility index (Phi) is 9.18. The summed E-state index contributed by atoms with van der Waals surface area (Å²) in [5.41, 5.74) is 13.7. The van der Waals surface area contributed by atoms with Crippen molar-refractivity contribution in [2.24, 2.45) is 32.7 Å². The quantitative estimate of drug-likeness (QED) is 0.237. The van der Waals surface area contributed by atoms with Crippen LogP contribution in [0.25, 0.3) is 0 Å². The van der Waals surface area contributed by atoms with E-state index in [4.69, 9.17) is 19.7 Å². The predicted octanol–water partition coefficient (Wildman–Crippen LogP) is 7.73. The Morgan fingerprint density at radius 1 is 1.00 bits per heavy atom. The van der Waals surface area contributed by atoms with E-state index in [1.807, 2.05) is 81.4 Å². The van der Waals surface area contributed by atoms with Crippen molar-refractivity contribution >= 4 is 40.4 Å². The maximum Gasteiger partial charge on any atom is 0.305 e. The number of allylic oxidation sites excluding steroid dienone is 11. The minimum absolute atomic E-state index is 0.0560. The van der Waals surface area contributed by atoms with Gasteiger partial charge in [0.1, 0.15) is 11.7 Å². The first-order valence-corrected chi connectivity index (χ1v) is 18.1. The van der Waals surface area contributed by atoms with Gasteiger partial charge in [0.15, 0.2) is 0 Å². The lowest BCUT2D eigenvalue weighted by Crippen LogP contribution is -2.28. The molecule has 0 aromatic heterocycles. The Morgan fingerprint density at radius 2 is 1.70 bits per heavy atom. The topological polar surface area (TPSA) is 128 Å². The Morgan fingerprint density at radius 3 is 2.36 bits per heavy atom. The molecule has 10 heteroatoms. The van der Waals surface area contributed by atoms with Gasteiger partial charge in [-0.1, -0.05) is 26.5 Å². The zero-order valence-electron chi connectivity index (χ0n) is 31.6. The monoisotopic (exact) mass is 710 g/mol. The number of carbonyl (C=O) groups is 2. The second kappa shape index (κ2) is 13.7. The van der Waals surface area contributed by atoms with Gasteiger partial charge >= 0.3 is 5.97 Å². The Labute approximate surface area is 310 Å². The fraction of sp³-hybridized carbons (Fsp3) is 0.326. The van der Waals surface area contributed by atoms with Crippen LogP contribution in [0.2, 0.25) is 0 Å². The number of nitrogens with zero attached hydrogens (tertiary/aromatic N) is 4. The highest BCUT2D eigenvalue weighted by molar-refractivity contribution is 6.25. The minimum atomic E-state index is -1.05. The summed E-state index contributed by atoms with van der Waals surface area (Å²) in [7, 11) is 5.30. The number of anilines is 2. The van der Waals surface area contributed by atoms with Gasteiger partial charge in [-0.3, -0.25) is 9.59 Å². The van der Waals surface area contributed by atoms with Crippen LogP contribution in [0, 0.1) is 17.8 Å². The first-order valence-electron chi connectivity index (χ1n) is 18.1. The molecule has 1 amide bonds. The molecule has 272 valence electrons. The molecule has 0 spiro atoms. The van der Waals surface area contributed by atoms with E-state index in [1.54, 1.807) is 0 Å². The van der Waals surface area contributed by atoms with Crippen LogP contribution >= 0.6 is 0 Å². The highest BCUT2D eigenvalue weighted by Crippen LogP contribution is 2.49. The summed E-state index contributed by atoms with van der Waals surface area (Å²) >= 11 is 0. The molecule has 5 heterocycles. The van der Waals surface area contributed by atoms with Crippen molar-refractivity contribution in [3.05, 3.63) is 128 Å². The van der Waals surface area contributed by atoms with Gasteiger partial charge in [0.05, 0.1) is 41.3 Å². The molecule has 5 aliphatic heterocycles. The lowest BCUT2D eigenvalue weighted by Gasteiger charge is -2.21. The number of fused-ring (bicyclic) bond motifs is 5. The van der Waals surface area contributed by atoms with E-state index in [-0.39, 0.29) is 35.9 Å². The van der Waals surface area contributed by atoms with E-state index in [0.29, 0.717) is 34.7 Å². The molecule has 10 nitrogen and oxygen atoms in total. The average molecular weight is 711 g/mol. The summed E-state index contributed by atoms with van der Waals surface area (Å²) in [6.45, 7) is 14.4. The number of methoxy groups -OCH3 is 1. The van der Waals surface area contributed by atoms with Crippen molar-refractivity contribution in [1.82, 2.24) is 5.32 Å². The van der Waals surface area contributed by atoms with Gasteiger partial charge in [-0.2, -0.15) is 0 Å². The number of aliphatic hydroxyl groups excluding tert-OH is 1. The van der Waals surface area contributed by atoms with Crippen molar-refractivity contribution in [2.45, 2.75) is 53.9 Å². The lowest BCUT2D eigenvalue weighted by molar-refractivity contribution is -0.140. The van der Waals surface area contributed by atoms with Crippen molar-refractivity contribution in [3.63, 3.8) is 0 Å². The molecule has 1 aliphatic carbocycles. The maximum atomic E-state index is 14.4. The molecule has 3 N–H and O–H groups in total. The number of hydrogen-bond donors (Lipinski definition) is 3. The number of hydrogen-bond acceptors (Lipinski definition) is 9. The zero-order chi connectivity index (χ0) is 37.9. The Bertz CT molecular complexity index is 2230. The van der Waals surface area contributed by atoms with E-state index < -0.39 is 5.92 Å². The van der Waals surface area contributed by atoms with Crippen LogP contribution in [-0.4, -0.2) is 55.3 Å². The summed E-state index contributed by atoms with van der Waals surface area (Å²) in [4.78, 5) is 44.3. The van der Waals surface area contributed by atoms with Crippen LogP contribution in [-0.2, 0) is 14.3 Å². The second-order valence-corrected chi connectivity index (χ2v) is 14.4. The number of aliphatic imine (C=N–C) groups is 3.